The molecule has 1 aliphatic rings. The van der Waals surface area contributed by atoms with Crippen molar-refractivity contribution in [2.45, 2.75) is 12.0 Å². The molecule has 334 valence electrons. The van der Waals surface area contributed by atoms with Crippen molar-refractivity contribution in [3.8, 4) is 77.9 Å². The highest BCUT2D eigenvalue weighted by Gasteiger charge is 2.25. The van der Waals surface area contributed by atoms with Crippen LogP contribution in [0.5, 0.6) is 0 Å². The van der Waals surface area contributed by atoms with E-state index in [0.29, 0.717) is 0 Å². The van der Waals surface area contributed by atoms with Crippen LogP contribution in [0.25, 0.3) is 110 Å². The molecular formula is C70H49N. The molecule has 0 amide bonds. The molecule has 71 heavy (non-hydrogen) atoms. The molecule has 1 aliphatic carbocycles. The molecule has 0 saturated heterocycles. The minimum absolute atomic E-state index is 0.0988. The van der Waals surface area contributed by atoms with Crippen LogP contribution in [0.15, 0.2) is 279 Å². The van der Waals surface area contributed by atoms with E-state index >= 15 is 0 Å². The van der Waals surface area contributed by atoms with Gasteiger partial charge in [-0.15, -0.1) is 0 Å². The highest BCUT2D eigenvalue weighted by molar-refractivity contribution is 6.32. The lowest BCUT2D eigenvalue weighted by atomic mass is 9.80. The van der Waals surface area contributed by atoms with E-state index in [0.717, 1.165) is 5.69 Å². The number of benzene rings is 12. The minimum atomic E-state index is 0.0988. The number of hydrogen-bond acceptors (Lipinski definition) is 1. The van der Waals surface area contributed by atoms with Crippen LogP contribution in [0.2, 0.25) is 0 Å². The van der Waals surface area contributed by atoms with Crippen LogP contribution in [-0.2, 0) is 0 Å². The summed E-state index contributed by atoms with van der Waals surface area (Å²) in [7, 11) is 0. The zero-order valence-corrected chi connectivity index (χ0v) is 39.2. The van der Waals surface area contributed by atoms with Crippen molar-refractivity contribution in [2.75, 3.05) is 5.32 Å². The normalized spacial score (nSPS) is 14.4. The summed E-state index contributed by atoms with van der Waals surface area (Å²) in [6.45, 7) is 0. The van der Waals surface area contributed by atoms with Gasteiger partial charge in [0.15, 0.2) is 0 Å². The summed E-state index contributed by atoms with van der Waals surface area (Å²) in [5.74, 6) is 0.211. The van der Waals surface area contributed by atoms with Crippen LogP contribution >= 0.6 is 0 Å². The van der Waals surface area contributed by atoms with Crippen LogP contribution < -0.4 is 5.32 Å². The molecule has 0 bridgehead atoms. The SMILES string of the molecule is C1=CC(Nc2cccc(-c3cc(-c4ccccc4-c4ccccc4)c4ccc5c(-c6ccccc6-c6ccccc6)cc(-c6ccccc6-c6ccccc6)c6ccc3c4c65)c2)C(c2ccccc2)C=C1. The van der Waals surface area contributed by atoms with Crippen molar-refractivity contribution in [3.63, 3.8) is 0 Å². The van der Waals surface area contributed by atoms with Crippen molar-refractivity contribution in [3.05, 3.63) is 285 Å². The first-order valence-corrected chi connectivity index (χ1v) is 24.7. The first kappa shape index (κ1) is 42.1. The molecule has 0 radical (unpaired) electrons. The van der Waals surface area contributed by atoms with Crippen molar-refractivity contribution in [1.82, 2.24) is 0 Å². The second kappa shape index (κ2) is 18.1. The second-order valence-corrected chi connectivity index (χ2v) is 18.7. The molecule has 0 heterocycles. The maximum atomic E-state index is 3.97. The Hall–Kier alpha value is -9.04. The predicted octanol–water partition coefficient (Wildman–Crippen LogP) is 18.9. The van der Waals surface area contributed by atoms with Gasteiger partial charge in [0.25, 0.3) is 0 Å². The molecule has 12 aromatic carbocycles. The average molecular weight is 904 g/mol. The number of allylic oxidation sites excluding steroid dienone is 2. The van der Waals surface area contributed by atoms with Crippen molar-refractivity contribution in [1.29, 1.82) is 0 Å². The summed E-state index contributed by atoms with van der Waals surface area (Å²) in [6.07, 6.45) is 8.94. The number of anilines is 1. The topological polar surface area (TPSA) is 12.0 Å². The molecule has 0 fully saturated rings. The van der Waals surface area contributed by atoms with Gasteiger partial charge in [0.2, 0.25) is 0 Å². The third-order valence-corrected chi connectivity index (χ3v) is 14.6. The molecule has 0 spiro atoms. The van der Waals surface area contributed by atoms with Crippen molar-refractivity contribution in [2.24, 2.45) is 0 Å². The van der Waals surface area contributed by atoms with Crippen LogP contribution in [0.1, 0.15) is 11.5 Å². The maximum Gasteiger partial charge on any atom is 0.0550 e. The summed E-state index contributed by atoms with van der Waals surface area (Å²) >= 11 is 0. The second-order valence-electron chi connectivity index (χ2n) is 18.7. The van der Waals surface area contributed by atoms with Gasteiger partial charge in [-0.1, -0.05) is 255 Å². The lowest BCUT2D eigenvalue weighted by molar-refractivity contribution is 0.756. The molecule has 0 aliphatic heterocycles. The molecule has 13 rings (SSSR count). The van der Waals surface area contributed by atoms with Gasteiger partial charge in [-0.25, -0.2) is 0 Å². The van der Waals surface area contributed by atoms with Gasteiger partial charge >= 0.3 is 0 Å². The van der Waals surface area contributed by atoms with Gasteiger partial charge in [-0.2, -0.15) is 0 Å². The van der Waals surface area contributed by atoms with Gasteiger partial charge in [0.1, 0.15) is 0 Å². The van der Waals surface area contributed by atoms with E-state index in [-0.39, 0.29) is 12.0 Å². The van der Waals surface area contributed by atoms with E-state index in [1.165, 1.54) is 116 Å². The Morgan fingerprint density at radius 2 is 0.620 bits per heavy atom. The molecule has 1 heteroatoms. The molecule has 1 N–H and O–H groups in total. The fourth-order valence-electron chi connectivity index (χ4n) is 11.4. The molecule has 0 aromatic heterocycles. The van der Waals surface area contributed by atoms with Gasteiger partial charge in [-0.3, -0.25) is 0 Å². The molecule has 1 nitrogen and oxygen atoms in total. The zero-order chi connectivity index (χ0) is 47.1. The van der Waals surface area contributed by atoms with Crippen molar-refractivity contribution < 1.29 is 0 Å². The summed E-state index contributed by atoms with van der Waals surface area (Å²) in [5.41, 5.74) is 19.3. The smallest absolute Gasteiger partial charge is 0.0550 e. The van der Waals surface area contributed by atoms with E-state index in [9.17, 15) is 0 Å². The van der Waals surface area contributed by atoms with Gasteiger partial charge in [-0.05, 0) is 140 Å². The number of nitrogens with one attached hydrogen (secondary N) is 1. The Morgan fingerprint density at radius 3 is 1.08 bits per heavy atom. The Balaban J connectivity index is 1.11. The van der Waals surface area contributed by atoms with Crippen LogP contribution in [0, 0.1) is 0 Å². The molecule has 2 unspecified atom stereocenters. The number of rotatable bonds is 10. The minimum Gasteiger partial charge on any atom is -0.378 e. The third kappa shape index (κ3) is 7.60. The molecule has 12 aromatic rings. The first-order chi connectivity index (χ1) is 35.2. The standard InChI is InChI=1S/C70H49N/c1-5-22-47(23-6-1)53-32-13-16-36-57(53)65-45-64(51-30-21-31-52(44-51)71-68-39-20-19-35-56(68)50-28-11-4-12-29-50)60-40-41-62-66(58-37-17-14-33-54(58)48-24-7-2-8-25-48)46-67(63-43-42-61(65)69(60)70(62)63)59-38-18-15-34-55(59)49-26-9-3-10-27-49/h1-46,56,68,71H. The Bertz CT molecular complexity index is 3840. The Labute approximate surface area is 415 Å². The quantitative estimate of drug-likeness (QED) is 0.135. The highest BCUT2D eigenvalue weighted by atomic mass is 14.9. The fourth-order valence-corrected chi connectivity index (χ4v) is 11.4. The van der Waals surface area contributed by atoms with Crippen LogP contribution in [-0.4, -0.2) is 6.04 Å². The van der Waals surface area contributed by atoms with Crippen LogP contribution in [0.3, 0.4) is 0 Å². The summed E-state index contributed by atoms with van der Waals surface area (Å²) in [5, 5.41) is 11.5. The number of hydrogen-bond donors (Lipinski definition) is 1. The third-order valence-electron chi connectivity index (χ3n) is 14.6. The average Bonchev–Trinajstić information content (AvgIpc) is 3.45. The lowest BCUT2D eigenvalue weighted by Crippen LogP contribution is -2.25. The summed E-state index contributed by atoms with van der Waals surface area (Å²) in [4.78, 5) is 0. The molecular weight excluding hydrogens is 855 g/mol. The summed E-state index contributed by atoms with van der Waals surface area (Å²) < 4.78 is 0. The predicted molar refractivity (Wildman–Crippen MR) is 303 cm³/mol. The summed E-state index contributed by atoms with van der Waals surface area (Å²) in [6, 6.07) is 94.0. The maximum absolute atomic E-state index is 3.97. The lowest BCUT2D eigenvalue weighted by Gasteiger charge is -2.27. The Kier molecular flexibility index (Phi) is 10.7. The van der Waals surface area contributed by atoms with Gasteiger partial charge in [0.05, 0.1) is 6.04 Å². The molecule has 0 saturated carbocycles. The molecule has 2 atom stereocenters. The van der Waals surface area contributed by atoms with Gasteiger partial charge in [0, 0.05) is 11.6 Å². The fraction of sp³-hybridized carbons (Fsp3) is 0.0286. The highest BCUT2D eigenvalue weighted by Crippen LogP contribution is 2.51. The van der Waals surface area contributed by atoms with Crippen molar-refractivity contribution >= 4 is 38.0 Å². The zero-order valence-electron chi connectivity index (χ0n) is 39.2. The monoisotopic (exact) mass is 903 g/mol. The van der Waals surface area contributed by atoms with E-state index < -0.39 is 0 Å². The Morgan fingerprint density at radius 1 is 0.254 bits per heavy atom. The van der Waals surface area contributed by atoms with E-state index in [1.807, 2.05) is 0 Å². The van der Waals surface area contributed by atoms with Gasteiger partial charge < -0.3 is 5.32 Å². The first-order valence-electron chi connectivity index (χ1n) is 24.7. The van der Waals surface area contributed by atoms with E-state index in [1.54, 1.807) is 0 Å². The van der Waals surface area contributed by atoms with E-state index in [2.05, 4.69) is 284 Å². The van der Waals surface area contributed by atoms with Crippen LogP contribution in [0.4, 0.5) is 5.69 Å². The largest absolute Gasteiger partial charge is 0.378 e. The van der Waals surface area contributed by atoms with E-state index in [4.69, 9.17) is 0 Å².